The van der Waals surface area contributed by atoms with Gasteiger partial charge in [-0.15, -0.1) is 0 Å². The number of hydrogen-bond donors (Lipinski definition) is 0. The number of hydrogen-bond acceptors (Lipinski definition) is 3. The Balaban J connectivity index is 1.67. The summed E-state index contributed by atoms with van der Waals surface area (Å²) in [6, 6.07) is 7.20. The van der Waals surface area contributed by atoms with Crippen LogP contribution in [0.15, 0.2) is 47.6 Å². The molecule has 0 aromatic heterocycles. The van der Waals surface area contributed by atoms with Crippen LogP contribution >= 0.6 is 0 Å². The van der Waals surface area contributed by atoms with E-state index in [4.69, 9.17) is 4.74 Å². The molecular weight excluding hydrogens is 302 g/mol. The second kappa shape index (κ2) is 5.33. The van der Waals surface area contributed by atoms with Gasteiger partial charge in [-0.2, -0.15) is 0 Å². The van der Waals surface area contributed by atoms with Crippen molar-refractivity contribution >= 4 is 17.5 Å². The predicted octanol–water partition coefficient (Wildman–Crippen LogP) is 3.34. The fourth-order valence-electron chi connectivity index (χ4n) is 4.54. The van der Waals surface area contributed by atoms with Crippen molar-refractivity contribution in [3.63, 3.8) is 0 Å². The highest BCUT2D eigenvalue weighted by atomic mass is 16.5. The fraction of sp³-hybridized carbons (Fsp3) is 0.400. The SMILES string of the molecule is CCOc1ccc(N2C(=O)[C@@H]3[C@H](C2=O)[C@@H]2C=C[C@H]3C2=C(C)C)cc1. The molecule has 1 aromatic rings. The van der Waals surface area contributed by atoms with E-state index in [1.54, 1.807) is 12.1 Å². The molecule has 4 atom stereocenters. The third kappa shape index (κ3) is 1.92. The van der Waals surface area contributed by atoms with E-state index < -0.39 is 0 Å². The molecule has 4 heteroatoms. The van der Waals surface area contributed by atoms with Crippen LogP contribution in [0.3, 0.4) is 0 Å². The summed E-state index contributed by atoms with van der Waals surface area (Å²) in [7, 11) is 0. The Morgan fingerprint density at radius 2 is 1.54 bits per heavy atom. The number of amides is 2. The summed E-state index contributed by atoms with van der Waals surface area (Å²) in [6.07, 6.45) is 4.22. The van der Waals surface area contributed by atoms with E-state index in [1.807, 2.05) is 19.1 Å². The van der Waals surface area contributed by atoms with Crippen LogP contribution in [0.25, 0.3) is 0 Å². The van der Waals surface area contributed by atoms with Gasteiger partial charge in [-0.3, -0.25) is 9.59 Å². The number of benzene rings is 1. The fourth-order valence-corrected chi connectivity index (χ4v) is 4.54. The Morgan fingerprint density at radius 1 is 1.00 bits per heavy atom. The summed E-state index contributed by atoms with van der Waals surface area (Å²) in [5, 5.41) is 0. The number of anilines is 1. The second-order valence-electron chi connectivity index (χ2n) is 6.88. The summed E-state index contributed by atoms with van der Waals surface area (Å²) in [6.45, 7) is 6.66. The number of ether oxygens (including phenoxy) is 1. The Kier molecular flexibility index (Phi) is 3.37. The zero-order valence-electron chi connectivity index (χ0n) is 14.2. The number of carbonyl (C=O) groups is 2. The summed E-state index contributed by atoms with van der Waals surface area (Å²) in [4.78, 5) is 27.3. The molecule has 0 spiro atoms. The monoisotopic (exact) mass is 323 g/mol. The highest BCUT2D eigenvalue weighted by Gasteiger charge is 2.61. The van der Waals surface area contributed by atoms with Gasteiger partial charge in [-0.05, 0) is 45.0 Å². The Labute approximate surface area is 141 Å². The van der Waals surface area contributed by atoms with Gasteiger partial charge in [0.25, 0.3) is 0 Å². The summed E-state index contributed by atoms with van der Waals surface area (Å²) in [5.41, 5.74) is 3.15. The minimum atomic E-state index is -0.232. The molecule has 0 N–H and O–H groups in total. The van der Waals surface area contributed by atoms with Gasteiger partial charge in [-0.1, -0.05) is 23.3 Å². The van der Waals surface area contributed by atoms with Gasteiger partial charge in [0.15, 0.2) is 0 Å². The molecule has 4 nitrogen and oxygen atoms in total. The van der Waals surface area contributed by atoms with Crippen LogP contribution in [0, 0.1) is 23.7 Å². The Bertz CT molecular complexity index is 737. The van der Waals surface area contributed by atoms with Crippen LogP contribution in [0.1, 0.15) is 20.8 Å². The maximum atomic E-state index is 13.0. The lowest BCUT2D eigenvalue weighted by molar-refractivity contribution is -0.122. The lowest BCUT2D eigenvalue weighted by Crippen LogP contribution is -2.33. The molecule has 1 saturated heterocycles. The topological polar surface area (TPSA) is 46.6 Å². The molecular formula is C20H21NO3. The molecule has 4 rings (SSSR count). The van der Waals surface area contributed by atoms with Crippen molar-refractivity contribution in [3.05, 3.63) is 47.6 Å². The lowest BCUT2D eigenvalue weighted by Gasteiger charge is -2.19. The van der Waals surface area contributed by atoms with Gasteiger partial charge >= 0.3 is 0 Å². The van der Waals surface area contributed by atoms with E-state index >= 15 is 0 Å². The van der Waals surface area contributed by atoms with E-state index in [2.05, 4.69) is 26.0 Å². The van der Waals surface area contributed by atoms with Gasteiger partial charge < -0.3 is 4.74 Å². The quantitative estimate of drug-likeness (QED) is 0.633. The molecule has 0 radical (unpaired) electrons. The van der Waals surface area contributed by atoms with E-state index in [1.165, 1.54) is 16.0 Å². The number of rotatable bonds is 3. The van der Waals surface area contributed by atoms with Crippen molar-refractivity contribution in [2.24, 2.45) is 23.7 Å². The van der Waals surface area contributed by atoms with Crippen molar-refractivity contribution in [2.75, 3.05) is 11.5 Å². The molecule has 2 bridgehead atoms. The highest BCUT2D eigenvalue weighted by molar-refractivity contribution is 6.23. The van der Waals surface area contributed by atoms with Crippen molar-refractivity contribution in [1.29, 1.82) is 0 Å². The predicted molar refractivity (Wildman–Crippen MR) is 91.6 cm³/mol. The molecule has 1 saturated carbocycles. The molecule has 1 aromatic carbocycles. The third-order valence-corrected chi connectivity index (χ3v) is 5.40. The van der Waals surface area contributed by atoms with Gasteiger partial charge in [0.05, 0.1) is 24.1 Å². The normalized spacial score (nSPS) is 30.3. The minimum Gasteiger partial charge on any atom is -0.494 e. The highest BCUT2D eigenvalue weighted by Crippen LogP contribution is 2.57. The molecule has 0 unspecified atom stereocenters. The van der Waals surface area contributed by atoms with Crippen LogP contribution in [-0.4, -0.2) is 18.4 Å². The molecule has 2 aliphatic carbocycles. The summed E-state index contributed by atoms with van der Waals surface area (Å²) < 4.78 is 5.43. The van der Waals surface area contributed by atoms with E-state index in [0.717, 1.165) is 5.75 Å². The van der Waals surface area contributed by atoms with Crippen molar-refractivity contribution < 1.29 is 14.3 Å². The van der Waals surface area contributed by atoms with Crippen molar-refractivity contribution in [1.82, 2.24) is 0 Å². The van der Waals surface area contributed by atoms with Crippen LogP contribution < -0.4 is 9.64 Å². The Hall–Kier alpha value is -2.36. The molecule has 124 valence electrons. The summed E-state index contributed by atoms with van der Waals surface area (Å²) >= 11 is 0. The first kappa shape index (κ1) is 15.2. The maximum absolute atomic E-state index is 13.0. The molecule has 2 fully saturated rings. The number of imide groups is 1. The standard InChI is InChI=1S/C20H21NO3/c1-4-24-13-7-5-12(6-8-13)21-19(22)17-14-9-10-15(16(14)11(2)3)18(17)20(21)23/h5-10,14-15,17-18H,4H2,1-3H3/t14-,15+,17-,18+. The zero-order chi connectivity index (χ0) is 17.0. The van der Waals surface area contributed by atoms with Crippen LogP contribution in [-0.2, 0) is 9.59 Å². The largest absolute Gasteiger partial charge is 0.494 e. The number of fused-ring (bicyclic) bond motifs is 5. The average Bonchev–Trinajstić information content (AvgIpc) is 3.19. The summed E-state index contributed by atoms with van der Waals surface area (Å²) in [5.74, 6) is 0.333. The van der Waals surface area contributed by atoms with E-state index in [-0.39, 0.29) is 35.5 Å². The number of allylic oxidation sites excluding steroid dienone is 4. The van der Waals surface area contributed by atoms with Gasteiger partial charge in [0, 0.05) is 11.8 Å². The van der Waals surface area contributed by atoms with Gasteiger partial charge in [-0.25, -0.2) is 4.90 Å². The first-order valence-electron chi connectivity index (χ1n) is 8.51. The van der Waals surface area contributed by atoms with Gasteiger partial charge in [0.2, 0.25) is 11.8 Å². The second-order valence-corrected chi connectivity index (χ2v) is 6.88. The number of nitrogens with zero attached hydrogens (tertiary/aromatic N) is 1. The van der Waals surface area contributed by atoms with Crippen LogP contribution in [0.5, 0.6) is 5.75 Å². The first-order valence-corrected chi connectivity index (χ1v) is 8.51. The molecule has 1 heterocycles. The molecule has 1 aliphatic heterocycles. The Morgan fingerprint density at radius 3 is 2.00 bits per heavy atom. The van der Waals surface area contributed by atoms with Crippen LogP contribution in [0.2, 0.25) is 0 Å². The van der Waals surface area contributed by atoms with E-state index in [0.29, 0.717) is 12.3 Å². The lowest BCUT2D eigenvalue weighted by atomic mass is 9.85. The average molecular weight is 323 g/mol. The van der Waals surface area contributed by atoms with Gasteiger partial charge in [0.1, 0.15) is 5.75 Å². The molecule has 3 aliphatic rings. The third-order valence-electron chi connectivity index (χ3n) is 5.40. The zero-order valence-corrected chi connectivity index (χ0v) is 14.2. The molecule has 24 heavy (non-hydrogen) atoms. The van der Waals surface area contributed by atoms with Crippen molar-refractivity contribution in [2.45, 2.75) is 20.8 Å². The molecule has 2 amide bonds. The van der Waals surface area contributed by atoms with Crippen LogP contribution in [0.4, 0.5) is 5.69 Å². The van der Waals surface area contributed by atoms with Crippen molar-refractivity contribution in [3.8, 4) is 5.75 Å². The first-order chi connectivity index (χ1) is 11.5. The van der Waals surface area contributed by atoms with E-state index in [9.17, 15) is 9.59 Å². The maximum Gasteiger partial charge on any atom is 0.238 e. The smallest absolute Gasteiger partial charge is 0.238 e. The minimum absolute atomic E-state index is 0.0650. The number of carbonyl (C=O) groups excluding carboxylic acids is 2.